The number of pyridine rings is 1. The number of methoxy groups -OCH3 is 1. The molecule has 0 spiro atoms. The highest BCUT2D eigenvalue weighted by atomic mass is 32.2. The number of anilines is 1. The van der Waals surface area contributed by atoms with E-state index in [1.807, 2.05) is 24.3 Å². The number of thioether (sulfide) groups is 1. The Kier molecular flexibility index (Phi) is 5.72. The number of hydrogen-bond donors (Lipinski definition) is 1. The molecule has 2 aromatic carbocycles. The monoisotopic (exact) mass is 461 g/mol. The number of hydrogen-bond acceptors (Lipinski definition) is 5. The Balaban J connectivity index is 1.64. The van der Waals surface area contributed by atoms with E-state index in [9.17, 15) is 22.8 Å². The first-order valence-corrected chi connectivity index (χ1v) is 10.4. The molecule has 32 heavy (non-hydrogen) atoms. The fourth-order valence-corrected chi connectivity index (χ4v) is 4.36. The van der Waals surface area contributed by atoms with Gasteiger partial charge in [0.2, 0.25) is 0 Å². The Hall–Kier alpha value is -3.27. The number of para-hydroxylation sites is 1. The van der Waals surface area contributed by atoms with Gasteiger partial charge in [0.05, 0.1) is 24.5 Å². The summed E-state index contributed by atoms with van der Waals surface area (Å²) in [6.45, 7) is 1.81. The predicted molar refractivity (Wildman–Crippen MR) is 115 cm³/mol. The van der Waals surface area contributed by atoms with E-state index in [2.05, 4.69) is 10.3 Å². The topological polar surface area (TPSA) is 71.5 Å². The Morgan fingerprint density at radius 2 is 1.81 bits per heavy atom. The van der Waals surface area contributed by atoms with E-state index in [0.717, 1.165) is 21.4 Å². The summed E-state index contributed by atoms with van der Waals surface area (Å²) in [4.78, 5) is 31.1. The second kappa shape index (κ2) is 8.34. The van der Waals surface area contributed by atoms with Gasteiger partial charge in [-0.05, 0) is 42.1 Å². The number of imide groups is 1. The number of rotatable bonds is 5. The van der Waals surface area contributed by atoms with Crippen molar-refractivity contribution < 1.29 is 27.5 Å². The fraction of sp³-hybridized carbons (Fsp3) is 0.227. The quantitative estimate of drug-likeness (QED) is 0.424. The van der Waals surface area contributed by atoms with Gasteiger partial charge in [-0.15, -0.1) is 0 Å². The van der Waals surface area contributed by atoms with Crippen LogP contribution in [0, 0.1) is 0 Å². The van der Waals surface area contributed by atoms with Gasteiger partial charge in [0.25, 0.3) is 5.91 Å². The van der Waals surface area contributed by atoms with Gasteiger partial charge < -0.3 is 10.1 Å². The van der Waals surface area contributed by atoms with Crippen molar-refractivity contribution in [2.45, 2.75) is 29.3 Å². The molecular weight excluding hydrogens is 443 g/mol. The van der Waals surface area contributed by atoms with Gasteiger partial charge in [-0.25, -0.2) is 9.69 Å². The van der Waals surface area contributed by atoms with E-state index in [0.29, 0.717) is 5.75 Å². The fourth-order valence-electron chi connectivity index (χ4n) is 3.82. The van der Waals surface area contributed by atoms with Gasteiger partial charge in [-0.3, -0.25) is 9.78 Å². The number of benzene rings is 2. The Labute approximate surface area is 185 Å². The van der Waals surface area contributed by atoms with Crippen LogP contribution in [-0.4, -0.2) is 35.6 Å². The lowest BCUT2D eigenvalue weighted by Gasteiger charge is -2.22. The van der Waals surface area contributed by atoms with Crippen LogP contribution in [0.15, 0.2) is 59.6 Å². The number of nitrogens with zero attached hydrogens (tertiary/aromatic N) is 2. The van der Waals surface area contributed by atoms with Crippen LogP contribution < -0.4 is 15.0 Å². The van der Waals surface area contributed by atoms with Crippen molar-refractivity contribution >= 4 is 40.3 Å². The van der Waals surface area contributed by atoms with Crippen molar-refractivity contribution in [2.24, 2.45) is 0 Å². The molecule has 1 N–H and O–H groups in total. The molecule has 4 rings (SSSR count). The van der Waals surface area contributed by atoms with Crippen LogP contribution in [0.5, 0.6) is 5.75 Å². The average Bonchev–Trinajstić information content (AvgIpc) is 3.06. The van der Waals surface area contributed by atoms with E-state index in [1.54, 1.807) is 13.1 Å². The molecule has 3 amide bonds. The summed E-state index contributed by atoms with van der Waals surface area (Å²) in [5, 5.41) is 3.50. The molecule has 2 heterocycles. The number of nitrogens with one attached hydrogen (secondary N) is 1. The maximum absolute atomic E-state index is 13.2. The Bertz CT molecular complexity index is 1180. The van der Waals surface area contributed by atoms with Crippen molar-refractivity contribution in [3.05, 3.63) is 60.3 Å². The molecule has 1 aliphatic rings. The zero-order valence-electron chi connectivity index (χ0n) is 17.0. The zero-order chi connectivity index (χ0) is 23.0. The Morgan fingerprint density at radius 1 is 1.12 bits per heavy atom. The number of urea groups is 1. The molecule has 0 saturated carbocycles. The molecule has 0 bridgehead atoms. The normalized spacial score (nSPS) is 17.5. The van der Waals surface area contributed by atoms with Crippen molar-refractivity contribution in [3.63, 3.8) is 0 Å². The molecule has 0 aliphatic carbocycles. The first-order valence-electron chi connectivity index (χ1n) is 9.61. The number of carbonyl (C=O) groups excluding carboxylic acids is 2. The van der Waals surface area contributed by atoms with Crippen LogP contribution >= 0.6 is 11.8 Å². The second-order valence-corrected chi connectivity index (χ2v) is 8.33. The maximum atomic E-state index is 13.2. The molecule has 2 atom stereocenters. The summed E-state index contributed by atoms with van der Waals surface area (Å²) in [6.07, 6.45) is 1.57. The van der Waals surface area contributed by atoms with Crippen molar-refractivity contribution in [1.82, 2.24) is 10.3 Å². The summed E-state index contributed by atoms with van der Waals surface area (Å²) in [7, 11) is 1.50. The van der Waals surface area contributed by atoms with Gasteiger partial charge in [-0.2, -0.15) is 13.2 Å². The van der Waals surface area contributed by atoms with E-state index in [-0.39, 0.29) is 22.3 Å². The van der Waals surface area contributed by atoms with Gasteiger partial charge >= 0.3 is 11.5 Å². The van der Waals surface area contributed by atoms with Crippen LogP contribution in [0.3, 0.4) is 0 Å². The van der Waals surface area contributed by atoms with Crippen LogP contribution in [0.1, 0.15) is 18.4 Å². The van der Waals surface area contributed by atoms with Crippen molar-refractivity contribution in [1.29, 1.82) is 0 Å². The second-order valence-electron chi connectivity index (χ2n) is 7.19. The summed E-state index contributed by atoms with van der Waals surface area (Å²) < 4.78 is 43.1. The highest BCUT2D eigenvalue weighted by Crippen LogP contribution is 2.39. The molecule has 0 radical (unpaired) electrons. The van der Waals surface area contributed by atoms with E-state index < -0.39 is 29.4 Å². The zero-order valence-corrected chi connectivity index (χ0v) is 17.8. The van der Waals surface area contributed by atoms with Crippen LogP contribution in [-0.2, 0) is 4.79 Å². The van der Waals surface area contributed by atoms with Gasteiger partial charge in [-0.1, -0.05) is 25.1 Å². The van der Waals surface area contributed by atoms with E-state index >= 15 is 0 Å². The number of ether oxygens (including phenoxy) is 1. The lowest BCUT2D eigenvalue weighted by molar-refractivity contribution is -0.118. The number of carbonyl (C=O) groups is 2. The molecular formula is C22H18F3N3O3S. The minimum Gasteiger partial charge on any atom is -0.495 e. The third-order valence-corrected chi connectivity index (χ3v) is 5.99. The summed E-state index contributed by atoms with van der Waals surface area (Å²) in [5.74, 6) is -0.466. The number of fused-ring (bicyclic) bond motifs is 1. The smallest absolute Gasteiger partial charge is 0.446 e. The molecule has 1 aliphatic heterocycles. The largest absolute Gasteiger partial charge is 0.495 e. The minimum absolute atomic E-state index is 0.0359. The van der Waals surface area contributed by atoms with Crippen LogP contribution in [0.4, 0.5) is 23.7 Å². The molecule has 166 valence electrons. The predicted octanol–water partition coefficient (Wildman–Crippen LogP) is 5.08. The van der Waals surface area contributed by atoms with E-state index in [1.165, 1.54) is 31.4 Å². The van der Waals surface area contributed by atoms with Gasteiger partial charge in [0.1, 0.15) is 11.8 Å². The third kappa shape index (κ3) is 4.10. The van der Waals surface area contributed by atoms with Crippen LogP contribution in [0.2, 0.25) is 0 Å². The summed E-state index contributed by atoms with van der Waals surface area (Å²) in [6, 6.07) is 11.0. The number of halogens is 3. The number of amides is 3. The first kappa shape index (κ1) is 21.9. The average molecular weight is 461 g/mol. The molecule has 2 unspecified atom stereocenters. The molecule has 10 heteroatoms. The van der Waals surface area contributed by atoms with Gasteiger partial charge in [0.15, 0.2) is 0 Å². The maximum Gasteiger partial charge on any atom is 0.446 e. The van der Waals surface area contributed by atoms with E-state index in [4.69, 9.17) is 4.74 Å². The molecule has 1 fully saturated rings. The van der Waals surface area contributed by atoms with Crippen molar-refractivity contribution in [3.8, 4) is 5.75 Å². The summed E-state index contributed by atoms with van der Waals surface area (Å²) >= 11 is -0.262. The first-order chi connectivity index (χ1) is 15.2. The minimum atomic E-state index is -4.42. The molecule has 1 aromatic heterocycles. The van der Waals surface area contributed by atoms with Crippen molar-refractivity contribution in [2.75, 3.05) is 12.0 Å². The standard InChI is InChI=1S/C22H18F3N3O3S/c1-12(18-15-5-3-4-6-16(15)26-11-17(18)31-2)19-20(29)28(21(30)27-19)13-7-9-14(10-8-13)32-22(23,24)25/h3-12,19H,1-2H3,(H,27,30). The molecule has 6 nitrogen and oxygen atoms in total. The number of aromatic nitrogens is 1. The summed E-state index contributed by atoms with van der Waals surface area (Å²) in [5.41, 5.74) is -2.77. The van der Waals surface area contributed by atoms with Crippen LogP contribution in [0.25, 0.3) is 10.9 Å². The highest BCUT2D eigenvalue weighted by molar-refractivity contribution is 8.00. The highest BCUT2D eigenvalue weighted by Gasteiger charge is 2.43. The Morgan fingerprint density at radius 3 is 2.47 bits per heavy atom. The lowest BCUT2D eigenvalue weighted by atomic mass is 9.90. The number of alkyl halides is 3. The molecule has 3 aromatic rings. The SMILES string of the molecule is COc1cnc2ccccc2c1C(C)C1NC(=O)N(c2ccc(SC(F)(F)F)cc2)C1=O. The lowest BCUT2D eigenvalue weighted by Crippen LogP contribution is -2.35. The molecule has 1 saturated heterocycles. The third-order valence-electron chi connectivity index (χ3n) is 5.25. The van der Waals surface area contributed by atoms with Gasteiger partial charge in [0, 0.05) is 21.8 Å².